The lowest BCUT2D eigenvalue weighted by Gasteiger charge is -2.36. The van der Waals surface area contributed by atoms with Crippen LogP contribution in [-0.2, 0) is 10.0 Å². The second-order valence-corrected chi connectivity index (χ2v) is 8.61. The van der Waals surface area contributed by atoms with Crippen molar-refractivity contribution in [2.45, 2.75) is 36.1 Å². The highest BCUT2D eigenvalue weighted by Crippen LogP contribution is 2.45. The van der Waals surface area contributed by atoms with Crippen LogP contribution in [0.25, 0.3) is 10.8 Å². The van der Waals surface area contributed by atoms with Crippen LogP contribution in [0.4, 0.5) is 36.8 Å². The number of amides is 2. The number of urea groups is 1. The second-order valence-electron chi connectivity index (χ2n) is 6.96. The number of carbonyl (C=O) groups excluding carboxylic acids is 1. The summed E-state index contributed by atoms with van der Waals surface area (Å²) in [5.41, 5.74) is -2.54. The molecule has 3 N–H and O–H groups in total. The standard InChI is InChI=1S/C18H20F6N4O3S/c1-4-16(17(19,20)21,18(22,23)24)25-15(29)26-27-32(30,31)14-10-6-7-11-12(14)8-5-9-13(11)28(2)3/h5-10,27H,4H2,1-3H3,(H2,25,26,29). The van der Waals surface area contributed by atoms with Crippen LogP contribution in [0.5, 0.6) is 0 Å². The summed E-state index contributed by atoms with van der Waals surface area (Å²) in [5.74, 6) is 0. The van der Waals surface area contributed by atoms with E-state index in [4.69, 9.17) is 0 Å². The van der Waals surface area contributed by atoms with Gasteiger partial charge in [-0.15, -0.1) is 4.83 Å². The molecule has 2 amide bonds. The number of carbonyl (C=O) groups is 1. The Bertz CT molecular complexity index is 1090. The van der Waals surface area contributed by atoms with E-state index in [1.54, 1.807) is 37.2 Å². The highest BCUT2D eigenvalue weighted by molar-refractivity contribution is 7.89. The molecule has 0 heterocycles. The first-order valence-corrected chi connectivity index (χ1v) is 10.5. The van der Waals surface area contributed by atoms with Crippen LogP contribution >= 0.6 is 0 Å². The van der Waals surface area contributed by atoms with Gasteiger partial charge in [-0.1, -0.05) is 31.2 Å². The van der Waals surface area contributed by atoms with E-state index in [9.17, 15) is 39.6 Å². The second kappa shape index (κ2) is 8.65. The lowest BCUT2D eigenvalue weighted by molar-refractivity contribution is -0.304. The van der Waals surface area contributed by atoms with Crippen LogP contribution in [0.1, 0.15) is 13.3 Å². The molecule has 0 saturated heterocycles. The van der Waals surface area contributed by atoms with Gasteiger partial charge in [-0.05, 0) is 18.6 Å². The average molecular weight is 486 g/mol. The van der Waals surface area contributed by atoms with Crippen molar-refractivity contribution in [2.24, 2.45) is 0 Å². The molecule has 32 heavy (non-hydrogen) atoms. The summed E-state index contributed by atoms with van der Waals surface area (Å²) in [6.07, 6.45) is -13.3. The molecule has 0 fully saturated rings. The third-order valence-corrected chi connectivity index (χ3v) is 6.06. The molecule has 0 radical (unpaired) electrons. The zero-order valence-electron chi connectivity index (χ0n) is 17.0. The number of fused-ring (bicyclic) bond motifs is 1. The number of hydrazine groups is 1. The monoisotopic (exact) mass is 486 g/mol. The van der Waals surface area contributed by atoms with Gasteiger partial charge in [0, 0.05) is 30.6 Å². The van der Waals surface area contributed by atoms with Crippen molar-refractivity contribution in [1.29, 1.82) is 0 Å². The molecular weight excluding hydrogens is 466 g/mol. The van der Waals surface area contributed by atoms with Crippen LogP contribution in [0.15, 0.2) is 41.3 Å². The van der Waals surface area contributed by atoms with E-state index in [1.165, 1.54) is 28.5 Å². The summed E-state index contributed by atoms with van der Waals surface area (Å²) in [6, 6.07) is 6.93. The summed E-state index contributed by atoms with van der Waals surface area (Å²) in [4.78, 5) is 14.7. The van der Waals surface area contributed by atoms with E-state index >= 15 is 0 Å². The van der Waals surface area contributed by atoms with Gasteiger partial charge in [0.05, 0.1) is 4.90 Å². The maximum atomic E-state index is 13.1. The Morgan fingerprint density at radius 3 is 1.97 bits per heavy atom. The Balaban J connectivity index is 2.33. The van der Waals surface area contributed by atoms with E-state index in [0.29, 0.717) is 18.0 Å². The molecule has 178 valence electrons. The molecule has 2 rings (SSSR count). The molecular formula is C18H20F6N4O3S. The van der Waals surface area contributed by atoms with Gasteiger partial charge in [0.1, 0.15) is 0 Å². The summed E-state index contributed by atoms with van der Waals surface area (Å²) in [6.45, 7) is 0.587. The van der Waals surface area contributed by atoms with Gasteiger partial charge in [0.15, 0.2) is 0 Å². The van der Waals surface area contributed by atoms with E-state index in [2.05, 4.69) is 0 Å². The number of alkyl halides is 6. The van der Waals surface area contributed by atoms with Gasteiger partial charge < -0.3 is 10.2 Å². The van der Waals surface area contributed by atoms with Crippen molar-refractivity contribution in [3.63, 3.8) is 0 Å². The molecule has 0 aliphatic heterocycles. The number of nitrogens with one attached hydrogen (secondary N) is 3. The first-order valence-electron chi connectivity index (χ1n) is 9.00. The maximum Gasteiger partial charge on any atom is 0.420 e. The Morgan fingerprint density at radius 1 is 0.938 bits per heavy atom. The van der Waals surface area contributed by atoms with Gasteiger partial charge >= 0.3 is 18.4 Å². The van der Waals surface area contributed by atoms with E-state index in [0.717, 1.165) is 5.32 Å². The largest absolute Gasteiger partial charge is 0.420 e. The maximum absolute atomic E-state index is 13.1. The lowest BCUT2D eigenvalue weighted by atomic mass is 9.94. The number of rotatable bonds is 6. The average Bonchev–Trinajstić information content (AvgIpc) is 2.67. The quantitative estimate of drug-likeness (QED) is 0.429. The molecule has 2 aromatic rings. The van der Waals surface area contributed by atoms with Gasteiger partial charge in [-0.2, -0.15) is 26.3 Å². The Hall–Kier alpha value is -2.74. The molecule has 0 aliphatic carbocycles. The Morgan fingerprint density at radius 2 is 1.47 bits per heavy atom. The number of halogens is 6. The molecule has 0 atom stereocenters. The van der Waals surface area contributed by atoms with Gasteiger partial charge in [-0.3, -0.25) is 5.43 Å². The number of anilines is 1. The van der Waals surface area contributed by atoms with E-state index < -0.39 is 40.4 Å². The van der Waals surface area contributed by atoms with E-state index in [1.807, 2.05) is 0 Å². The Kier molecular flexibility index (Phi) is 6.90. The fourth-order valence-corrected chi connectivity index (χ4v) is 4.14. The summed E-state index contributed by atoms with van der Waals surface area (Å²) < 4.78 is 104. The third kappa shape index (κ3) is 4.70. The molecule has 14 heteroatoms. The predicted octanol–water partition coefficient (Wildman–Crippen LogP) is 3.67. The highest BCUT2D eigenvalue weighted by Gasteiger charge is 2.70. The molecule has 0 unspecified atom stereocenters. The highest BCUT2D eigenvalue weighted by atomic mass is 32.2. The van der Waals surface area contributed by atoms with Crippen molar-refractivity contribution in [1.82, 2.24) is 15.6 Å². The summed E-state index contributed by atoms with van der Waals surface area (Å²) >= 11 is 0. The minimum atomic E-state index is -5.88. The molecule has 0 spiro atoms. The smallest absolute Gasteiger partial charge is 0.377 e. The number of hydrogen-bond acceptors (Lipinski definition) is 4. The molecule has 2 aromatic carbocycles. The van der Waals surface area contributed by atoms with Crippen molar-refractivity contribution in [2.75, 3.05) is 19.0 Å². The molecule has 0 saturated carbocycles. The predicted molar refractivity (Wildman–Crippen MR) is 105 cm³/mol. The number of nitrogens with zero attached hydrogens (tertiary/aromatic N) is 1. The van der Waals surface area contributed by atoms with Crippen molar-refractivity contribution < 1.29 is 39.6 Å². The molecule has 0 aromatic heterocycles. The van der Waals surface area contributed by atoms with Gasteiger partial charge in [-0.25, -0.2) is 13.2 Å². The van der Waals surface area contributed by atoms with Crippen LogP contribution in [0, 0.1) is 0 Å². The first kappa shape index (κ1) is 25.5. The zero-order valence-corrected chi connectivity index (χ0v) is 17.8. The SMILES string of the molecule is CCC(NC(=O)NNS(=O)(=O)c1cccc2c(N(C)C)cccc12)(C(F)(F)F)C(F)(F)F. The fourth-order valence-electron chi connectivity index (χ4n) is 3.07. The molecule has 0 bridgehead atoms. The lowest BCUT2D eigenvalue weighted by Crippen LogP contribution is -2.69. The first-order chi connectivity index (χ1) is 14.6. The third-order valence-electron chi connectivity index (χ3n) is 4.75. The van der Waals surface area contributed by atoms with E-state index in [-0.39, 0.29) is 10.3 Å². The van der Waals surface area contributed by atoms with Crippen LogP contribution in [0.3, 0.4) is 0 Å². The zero-order chi connectivity index (χ0) is 24.5. The van der Waals surface area contributed by atoms with Crippen LogP contribution < -0.4 is 20.5 Å². The number of hydrogen-bond donors (Lipinski definition) is 3. The summed E-state index contributed by atoms with van der Waals surface area (Å²) in [7, 11) is -1.11. The Labute approximate surface area is 179 Å². The minimum Gasteiger partial charge on any atom is -0.377 e. The van der Waals surface area contributed by atoms with Gasteiger partial charge in [0.25, 0.3) is 10.0 Å². The topological polar surface area (TPSA) is 90.5 Å². The molecule has 7 nitrogen and oxygen atoms in total. The summed E-state index contributed by atoms with van der Waals surface area (Å²) in [5, 5.41) is 1.55. The normalized spacial score (nSPS) is 13.2. The molecule has 0 aliphatic rings. The minimum absolute atomic E-state index is 0.224. The van der Waals surface area contributed by atoms with Gasteiger partial charge in [0.2, 0.25) is 5.54 Å². The fraction of sp³-hybridized carbons (Fsp3) is 0.389. The van der Waals surface area contributed by atoms with Crippen molar-refractivity contribution >= 4 is 32.5 Å². The number of benzene rings is 2. The van der Waals surface area contributed by atoms with Crippen LogP contribution in [0.2, 0.25) is 0 Å². The number of sulfonamides is 1. The van der Waals surface area contributed by atoms with Crippen molar-refractivity contribution in [3.05, 3.63) is 36.4 Å². The van der Waals surface area contributed by atoms with Crippen LogP contribution in [-0.4, -0.2) is 46.4 Å². The van der Waals surface area contributed by atoms with Crippen molar-refractivity contribution in [3.8, 4) is 0 Å².